The monoisotopic (exact) mass is 619 g/mol. The Kier molecular flexibility index (Phi) is 9.39. The lowest BCUT2D eigenvalue weighted by molar-refractivity contribution is -0.120. The molecule has 0 unspecified atom stereocenters. The smallest absolute Gasteiger partial charge is 0.326 e. The van der Waals surface area contributed by atoms with Gasteiger partial charge in [-0.05, 0) is 55.3 Å². The highest BCUT2D eigenvalue weighted by atomic mass is 35.5. The first kappa shape index (κ1) is 30.2. The second-order valence-electron chi connectivity index (χ2n) is 10.0. The number of nitrogens with one attached hydrogen (secondary N) is 1. The molecule has 1 saturated heterocycles. The molecule has 0 aliphatic carbocycles. The number of hydrogen-bond donors (Lipinski definition) is 1. The minimum Gasteiger partial charge on any atom is -0.493 e. The second kappa shape index (κ2) is 13.4. The Morgan fingerprint density at radius 3 is 2.23 bits per heavy atom. The fourth-order valence-electron chi connectivity index (χ4n) is 5.34. The average Bonchev–Trinajstić information content (AvgIpc) is 3.26. The molecule has 43 heavy (non-hydrogen) atoms. The lowest BCUT2D eigenvalue weighted by Gasteiger charge is -2.34. The van der Waals surface area contributed by atoms with Crippen LogP contribution in [0.5, 0.6) is 11.5 Å². The summed E-state index contributed by atoms with van der Waals surface area (Å²) in [5, 5.41) is 13.8. The number of hydrogen-bond acceptors (Lipinski definition) is 6. The number of nitrogens with zero attached hydrogens (tertiary/aromatic N) is 4. The highest BCUT2D eigenvalue weighted by Crippen LogP contribution is 2.46. The standard InChI is InChI=1S/C32H31Cl2N5O4/c1-3-42-26-18-25(27(43-4-2)17-22(26)19-35)31-37-29(20-5-9-23(33)10-6-20)30(21-7-11-24(34)12-8-21)39(31)32(41)38-15-13-28(40)36-14-16-38/h5-12,17-18,29-30H,3-4,13-16H2,1-2H3,(H,36,40)/t29-,30+/m0/s1. The van der Waals surface area contributed by atoms with Crippen molar-refractivity contribution in [1.82, 2.24) is 15.1 Å². The molecule has 3 aromatic carbocycles. The van der Waals surface area contributed by atoms with Crippen molar-refractivity contribution in [3.63, 3.8) is 0 Å². The zero-order valence-corrected chi connectivity index (χ0v) is 25.4. The first-order valence-electron chi connectivity index (χ1n) is 14.1. The summed E-state index contributed by atoms with van der Waals surface area (Å²) in [4.78, 5) is 35.3. The molecule has 222 valence electrons. The van der Waals surface area contributed by atoms with Crippen LogP contribution in [0.25, 0.3) is 0 Å². The number of amides is 3. The summed E-state index contributed by atoms with van der Waals surface area (Å²) in [6.45, 7) is 5.28. The van der Waals surface area contributed by atoms with Gasteiger partial charge >= 0.3 is 6.03 Å². The second-order valence-corrected chi connectivity index (χ2v) is 10.9. The molecule has 11 heteroatoms. The van der Waals surface area contributed by atoms with Crippen LogP contribution in [-0.2, 0) is 4.79 Å². The lowest BCUT2D eigenvalue weighted by atomic mass is 9.93. The molecule has 2 heterocycles. The Balaban J connectivity index is 1.74. The van der Waals surface area contributed by atoms with Crippen molar-refractivity contribution in [2.75, 3.05) is 32.8 Å². The van der Waals surface area contributed by atoms with Crippen molar-refractivity contribution < 1.29 is 19.1 Å². The molecule has 0 saturated carbocycles. The van der Waals surface area contributed by atoms with E-state index in [0.29, 0.717) is 64.8 Å². The van der Waals surface area contributed by atoms with E-state index in [2.05, 4.69) is 11.4 Å². The SMILES string of the molecule is CCOc1cc(C2=N[C@@H](c3ccc(Cl)cc3)[C@@H](c3ccc(Cl)cc3)N2C(=O)N2CCNC(=O)CC2)c(OCC)cc1C#N. The number of aliphatic imine (C=N–C) groups is 1. The number of benzene rings is 3. The molecule has 2 aliphatic rings. The van der Waals surface area contributed by atoms with E-state index in [1.807, 2.05) is 38.1 Å². The summed E-state index contributed by atoms with van der Waals surface area (Å²) in [7, 11) is 0. The Morgan fingerprint density at radius 1 is 0.977 bits per heavy atom. The van der Waals surface area contributed by atoms with E-state index in [4.69, 9.17) is 37.7 Å². The van der Waals surface area contributed by atoms with Crippen molar-refractivity contribution in [1.29, 1.82) is 5.26 Å². The first-order chi connectivity index (χ1) is 20.8. The topological polar surface area (TPSA) is 107 Å². The zero-order chi connectivity index (χ0) is 30.5. The van der Waals surface area contributed by atoms with E-state index in [9.17, 15) is 14.9 Å². The van der Waals surface area contributed by atoms with Crippen LogP contribution in [0.15, 0.2) is 65.7 Å². The van der Waals surface area contributed by atoms with E-state index < -0.39 is 12.1 Å². The zero-order valence-electron chi connectivity index (χ0n) is 23.8. The Labute approximate surface area is 260 Å². The summed E-state index contributed by atoms with van der Waals surface area (Å²) in [5.41, 5.74) is 2.49. The predicted molar refractivity (Wildman–Crippen MR) is 165 cm³/mol. The van der Waals surface area contributed by atoms with Crippen molar-refractivity contribution in [3.8, 4) is 17.6 Å². The summed E-state index contributed by atoms with van der Waals surface area (Å²) >= 11 is 12.5. The third-order valence-electron chi connectivity index (χ3n) is 7.32. The van der Waals surface area contributed by atoms with Crippen LogP contribution in [0, 0.1) is 11.3 Å². The maximum absolute atomic E-state index is 14.6. The number of halogens is 2. The average molecular weight is 621 g/mol. The van der Waals surface area contributed by atoms with E-state index in [0.717, 1.165) is 11.1 Å². The minimum atomic E-state index is -0.575. The van der Waals surface area contributed by atoms with E-state index in [1.165, 1.54) is 0 Å². The van der Waals surface area contributed by atoms with Crippen LogP contribution in [0.4, 0.5) is 4.79 Å². The summed E-state index contributed by atoms with van der Waals surface area (Å²) in [6.07, 6.45) is 0.188. The summed E-state index contributed by atoms with van der Waals surface area (Å²) in [6, 6.07) is 18.8. The molecule has 1 fully saturated rings. The fraction of sp³-hybridized carbons (Fsp3) is 0.312. The van der Waals surface area contributed by atoms with Gasteiger partial charge in [-0.1, -0.05) is 47.5 Å². The fourth-order valence-corrected chi connectivity index (χ4v) is 5.59. The minimum absolute atomic E-state index is 0.106. The molecular weight excluding hydrogens is 589 g/mol. The van der Waals surface area contributed by atoms with Crippen LogP contribution in [-0.4, -0.2) is 60.4 Å². The molecule has 0 bridgehead atoms. The normalized spacial score (nSPS) is 18.4. The van der Waals surface area contributed by atoms with E-state index >= 15 is 0 Å². The van der Waals surface area contributed by atoms with E-state index in [1.54, 1.807) is 46.2 Å². The Morgan fingerprint density at radius 2 is 1.60 bits per heavy atom. The van der Waals surface area contributed by atoms with E-state index in [-0.39, 0.29) is 24.9 Å². The van der Waals surface area contributed by atoms with Gasteiger partial charge in [0, 0.05) is 42.2 Å². The van der Waals surface area contributed by atoms with Gasteiger partial charge in [0.1, 0.15) is 29.4 Å². The number of ether oxygens (including phenoxy) is 2. The molecule has 0 radical (unpaired) electrons. The number of nitriles is 1. The van der Waals surface area contributed by atoms with Gasteiger partial charge < -0.3 is 19.7 Å². The molecule has 0 aromatic heterocycles. The van der Waals surface area contributed by atoms with Gasteiger partial charge in [0.05, 0.1) is 30.4 Å². The van der Waals surface area contributed by atoms with Crippen LogP contribution in [0.3, 0.4) is 0 Å². The molecule has 0 spiro atoms. The van der Waals surface area contributed by atoms with Gasteiger partial charge in [-0.3, -0.25) is 14.7 Å². The molecule has 3 aromatic rings. The Hall–Kier alpha value is -4.26. The molecule has 3 amide bonds. The van der Waals surface area contributed by atoms with Crippen LogP contribution < -0.4 is 14.8 Å². The molecular formula is C32H31Cl2N5O4. The van der Waals surface area contributed by atoms with Gasteiger partial charge in [-0.2, -0.15) is 5.26 Å². The highest BCUT2D eigenvalue weighted by Gasteiger charge is 2.45. The maximum Gasteiger partial charge on any atom is 0.326 e. The van der Waals surface area contributed by atoms with Crippen molar-refractivity contribution in [3.05, 3.63) is 93.0 Å². The van der Waals surface area contributed by atoms with Gasteiger partial charge in [0.15, 0.2) is 0 Å². The van der Waals surface area contributed by atoms with Gasteiger partial charge in [-0.15, -0.1) is 0 Å². The number of amidine groups is 1. The van der Waals surface area contributed by atoms with Gasteiger partial charge in [0.25, 0.3) is 0 Å². The van der Waals surface area contributed by atoms with Crippen molar-refractivity contribution in [2.24, 2.45) is 4.99 Å². The van der Waals surface area contributed by atoms with Crippen molar-refractivity contribution in [2.45, 2.75) is 32.4 Å². The molecule has 1 N–H and O–H groups in total. The number of carbonyl (C=O) groups excluding carboxylic acids is 2. The van der Waals surface area contributed by atoms with Crippen LogP contribution in [0.1, 0.15) is 54.6 Å². The third kappa shape index (κ3) is 6.41. The van der Waals surface area contributed by atoms with Crippen LogP contribution >= 0.6 is 23.2 Å². The number of carbonyl (C=O) groups is 2. The van der Waals surface area contributed by atoms with Gasteiger partial charge in [0.2, 0.25) is 5.91 Å². The molecule has 2 aliphatic heterocycles. The predicted octanol–water partition coefficient (Wildman–Crippen LogP) is 6.15. The Bertz CT molecular complexity index is 1570. The summed E-state index contributed by atoms with van der Waals surface area (Å²) < 4.78 is 11.8. The van der Waals surface area contributed by atoms with Gasteiger partial charge in [-0.25, -0.2) is 4.79 Å². The van der Waals surface area contributed by atoms with Crippen LogP contribution in [0.2, 0.25) is 10.0 Å². The quantitative estimate of drug-likeness (QED) is 0.341. The lowest BCUT2D eigenvalue weighted by Crippen LogP contribution is -2.47. The largest absolute Gasteiger partial charge is 0.493 e. The molecule has 9 nitrogen and oxygen atoms in total. The molecule has 5 rings (SSSR count). The summed E-state index contributed by atoms with van der Waals surface area (Å²) in [5.74, 6) is 1.02. The third-order valence-corrected chi connectivity index (χ3v) is 7.83. The molecule has 2 atom stereocenters. The number of rotatable bonds is 7. The maximum atomic E-state index is 14.6. The first-order valence-corrected chi connectivity index (χ1v) is 14.9. The number of urea groups is 1. The highest BCUT2D eigenvalue weighted by molar-refractivity contribution is 6.30. The van der Waals surface area contributed by atoms with Crippen molar-refractivity contribution >= 4 is 41.0 Å².